The van der Waals surface area contributed by atoms with Gasteiger partial charge in [0.25, 0.3) is 0 Å². The van der Waals surface area contributed by atoms with Crippen molar-refractivity contribution in [1.29, 1.82) is 0 Å². The zero-order valence-corrected chi connectivity index (χ0v) is 11.1. The van der Waals surface area contributed by atoms with Gasteiger partial charge in [-0.2, -0.15) is 5.10 Å². The van der Waals surface area contributed by atoms with Crippen LogP contribution in [0.4, 0.5) is 8.78 Å². The van der Waals surface area contributed by atoms with E-state index in [1.54, 1.807) is 10.7 Å². The molecule has 90 valence electrons. The molecule has 0 atom stereocenters. The van der Waals surface area contributed by atoms with Gasteiger partial charge in [-0.25, -0.2) is 8.78 Å². The molecule has 2 rings (SSSR count). The van der Waals surface area contributed by atoms with Crippen LogP contribution in [0.1, 0.15) is 17.0 Å². The average Bonchev–Trinajstić information content (AvgIpc) is 2.52. The molecular formula is C12H11BrF2N2. The van der Waals surface area contributed by atoms with Crippen molar-refractivity contribution >= 4 is 15.9 Å². The Balaban J connectivity index is 2.31. The predicted octanol–water partition coefficient (Wildman–Crippen LogP) is 3.59. The monoisotopic (exact) mass is 300 g/mol. The Labute approximate surface area is 106 Å². The van der Waals surface area contributed by atoms with Crippen LogP contribution in [-0.2, 0) is 6.54 Å². The number of rotatable bonds is 2. The van der Waals surface area contributed by atoms with Crippen molar-refractivity contribution in [1.82, 2.24) is 9.78 Å². The van der Waals surface area contributed by atoms with Gasteiger partial charge in [-0.05, 0) is 47.5 Å². The normalized spacial score (nSPS) is 10.9. The zero-order valence-electron chi connectivity index (χ0n) is 9.47. The Morgan fingerprint density at radius 1 is 1.24 bits per heavy atom. The van der Waals surface area contributed by atoms with E-state index in [0.717, 1.165) is 21.9 Å². The van der Waals surface area contributed by atoms with E-state index in [-0.39, 0.29) is 0 Å². The first kappa shape index (κ1) is 12.2. The summed E-state index contributed by atoms with van der Waals surface area (Å²) in [4.78, 5) is 0. The maximum atomic E-state index is 13.1. The minimum atomic E-state index is -0.830. The van der Waals surface area contributed by atoms with E-state index in [2.05, 4.69) is 21.0 Å². The molecule has 1 aromatic heterocycles. The maximum absolute atomic E-state index is 13.1. The van der Waals surface area contributed by atoms with Gasteiger partial charge in [-0.15, -0.1) is 0 Å². The minimum absolute atomic E-state index is 0.426. The maximum Gasteiger partial charge on any atom is 0.159 e. The first-order chi connectivity index (χ1) is 7.99. The molecule has 5 heteroatoms. The summed E-state index contributed by atoms with van der Waals surface area (Å²) < 4.78 is 28.5. The quantitative estimate of drug-likeness (QED) is 0.829. The number of benzene rings is 1. The van der Waals surface area contributed by atoms with Crippen LogP contribution >= 0.6 is 15.9 Å². The second kappa shape index (κ2) is 4.56. The summed E-state index contributed by atoms with van der Waals surface area (Å²) in [6, 6.07) is 3.88. The molecule has 0 radical (unpaired) electrons. The van der Waals surface area contributed by atoms with Crippen LogP contribution in [-0.4, -0.2) is 9.78 Å². The number of aromatic nitrogens is 2. The highest BCUT2D eigenvalue weighted by Gasteiger charge is 2.10. The van der Waals surface area contributed by atoms with E-state index in [0.29, 0.717) is 12.1 Å². The van der Waals surface area contributed by atoms with E-state index in [4.69, 9.17) is 0 Å². The fraction of sp³-hybridized carbons (Fsp3) is 0.250. The highest BCUT2D eigenvalue weighted by Crippen LogP contribution is 2.21. The lowest BCUT2D eigenvalue weighted by atomic mass is 10.2. The predicted molar refractivity (Wildman–Crippen MR) is 64.9 cm³/mol. The third-order valence-electron chi connectivity index (χ3n) is 2.61. The van der Waals surface area contributed by atoms with Crippen molar-refractivity contribution in [2.24, 2.45) is 0 Å². The van der Waals surface area contributed by atoms with Crippen LogP contribution in [0.2, 0.25) is 0 Å². The smallest absolute Gasteiger partial charge is 0.159 e. The first-order valence-electron chi connectivity index (χ1n) is 5.12. The van der Waals surface area contributed by atoms with E-state index in [1.807, 2.05) is 13.8 Å². The van der Waals surface area contributed by atoms with Crippen molar-refractivity contribution in [3.63, 3.8) is 0 Å². The Bertz CT molecular complexity index is 564. The van der Waals surface area contributed by atoms with Crippen LogP contribution in [0.5, 0.6) is 0 Å². The van der Waals surface area contributed by atoms with Gasteiger partial charge in [0.1, 0.15) is 0 Å². The van der Waals surface area contributed by atoms with Gasteiger partial charge in [0, 0.05) is 0 Å². The Morgan fingerprint density at radius 2 is 1.94 bits per heavy atom. The van der Waals surface area contributed by atoms with Crippen molar-refractivity contribution in [2.75, 3.05) is 0 Å². The zero-order chi connectivity index (χ0) is 12.6. The standard InChI is InChI=1S/C12H11BrF2N2/c1-7-12(13)8(2)17(16-7)6-9-3-4-10(14)11(15)5-9/h3-5H,6H2,1-2H3. The van der Waals surface area contributed by atoms with Gasteiger partial charge in [-0.3, -0.25) is 4.68 Å². The Kier molecular flexibility index (Phi) is 3.28. The SMILES string of the molecule is Cc1nn(Cc2ccc(F)c(F)c2)c(C)c1Br. The van der Waals surface area contributed by atoms with Crippen molar-refractivity contribution < 1.29 is 8.78 Å². The van der Waals surface area contributed by atoms with Crippen LogP contribution < -0.4 is 0 Å². The van der Waals surface area contributed by atoms with Crippen LogP contribution in [0.15, 0.2) is 22.7 Å². The molecule has 2 aromatic rings. The Hall–Kier alpha value is -1.23. The molecule has 0 bridgehead atoms. The van der Waals surface area contributed by atoms with Crippen molar-refractivity contribution in [2.45, 2.75) is 20.4 Å². The molecule has 0 N–H and O–H groups in total. The summed E-state index contributed by atoms with van der Waals surface area (Å²) in [5.74, 6) is -1.66. The van der Waals surface area contributed by atoms with E-state index < -0.39 is 11.6 Å². The topological polar surface area (TPSA) is 17.8 Å². The summed E-state index contributed by atoms with van der Waals surface area (Å²) >= 11 is 3.42. The molecule has 1 heterocycles. The molecule has 0 amide bonds. The molecule has 0 spiro atoms. The van der Waals surface area contributed by atoms with Gasteiger partial charge < -0.3 is 0 Å². The van der Waals surface area contributed by atoms with Gasteiger partial charge in [0.05, 0.1) is 22.4 Å². The molecule has 17 heavy (non-hydrogen) atoms. The molecule has 0 aliphatic heterocycles. The van der Waals surface area contributed by atoms with Gasteiger partial charge >= 0.3 is 0 Å². The lowest BCUT2D eigenvalue weighted by molar-refractivity contribution is 0.505. The number of hydrogen-bond acceptors (Lipinski definition) is 1. The van der Waals surface area contributed by atoms with Crippen molar-refractivity contribution in [3.8, 4) is 0 Å². The van der Waals surface area contributed by atoms with Gasteiger partial charge in [0.2, 0.25) is 0 Å². The molecule has 0 aliphatic carbocycles. The average molecular weight is 301 g/mol. The number of nitrogens with zero attached hydrogens (tertiary/aromatic N) is 2. The molecule has 2 nitrogen and oxygen atoms in total. The van der Waals surface area contributed by atoms with E-state index in [1.165, 1.54) is 6.07 Å². The lowest BCUT2D eigenvalue weighted by Crippen LogP contribution is -2.04. The van der Waals surface area contributed by atoms with E-state index >= 15 is 0 Å². The molecule has 0 saturated heterocycles. The van der Waals surface area contributed by atoms with E-state index in [9.17, 15) is 8.78 Å². The van der Waals surface area contributed by atoms with Gasteiger partial charge in [0.15, 0.2) is 11.6 Å². The van der Waals surface area contributed by atoms with Crippen LogP contribution in [0, 0.1) is 25.5 Å². The third-order valence-corrected chi connectivity index (χ3v) is 3.76. The second-order valence-electron chi connectivity index (χ2n) is 3.89. The van der Waals surface area contributed by atoms with Crippen molar-refractivity contribution in [3.05, 3.63) is 51.3 Å². The highest BCUT2D eigenvalue weighted by molar-refractivity contribution is 9.10. The lowest BCUT2D eigenvalue weighted by Gasteiger charge is -2.05. The van der Waals surface area contributed by atoms with Crippen LogP contribution in [0.25, 0.3) is 0 Å². The third kappa shape index (κ3) is 2.39. The Morgan fingerprint density at radius 3 is 2.47 bits per heavy atom. The summed E-state index contributed by atoms with van der Waals surface area (Å²) in [5, 5.41) is 4.31. The number of aryl methyl sites for hydroxylation is 1. The molecular weight excluding hydrogens is 290 g/mol. The fourth-order valence-electron chi connectivity index (χ4n) is 1.64. The second-order valence-corrected chi connectivity index (χ2v) is 4.68. The minimum Gasteiger partial charge on any atom is -0.264 e. The summed E-state index contributed by atoms with van der Waals surface area (Å²) in [5.41, 5.74) is 2.53. The molecule has 0 aliphatic rings. The summed E-state index contributed by atoms with van der Waals surface area (Å²) in [6.07, 6.45) is 0. The number of hydrogen-bond donors (Lipinski definition) is 0. The van der Waals surface area contributed by atoms with Crippen LogP contribution in [0.3, 0.4) is 0 Å². The summed E-state index contributed by atoms with van der Waals surface area (Å²) in [7, 11) is 0. The van der Waals surface area contributed by atoms with Gasteiger partial charge in [-0.1, -0.05) is 6.07 Å². The first-order valence-corrected chi connectivity index (χ1v) is 5.91. The molecule has 0 saturated carbocycles. The summed E-state index contributed by atoms with van der Waals surface area (Å²) in [6.45, 7) is 4.23. The molecule has 0 unspecified atom stereocenters. The molecule has 1 aromatic carbocycles. The molecule has 0 fully saturated rings. The fourth-order valence-corrected chi connectivity index (χ4v) is 1.92. The number of halogens is 3. The highest BCUT2D eigenvalue weighted by atomic mass is 79.9. The largest absolute Gasteiger partial charge is 0.264 e.